The number of carbonyl (C=O) groups excluding carboxylic acids is 1. The minimum Gasteiger partial charge on any atom is -0.481 e. The number of nitrogens with two attached hydrogens (primary N) is 1. The summed E-state index contributed by atoms with van der Waals surface area (Å²) in [6.45, 7) is 7.47. The summed E-state index contributed by atoms with van der Waals surface area (Å²) < 4.78 is 5.50. The third kappa shape index (κ3) is 4.66. The number of ether oxygens (including phenoxy) is 1. The summed E-state index contributed by atoms with van der Waals surface area (Å²) >= 11 is 0. The van der Waals surface area contributed by atoms with Gasteiger partial charge in [-0.1, -0.05) is 6.92 Å². The van der Waals surface area contributed by atoms with Crippen molar-refractivity contribution in [2.45, 2.75) is 45.8 Å². The second kappa shape index (κ2) is 6.47. The van der Waals surface area contributed by atoms with Crippen LogP contribution in [0.15, 0.2) is 18.2 Å². The minimum absolute atomic E-state index is 0.00608. The summed E-state index contributed by atoms with van der Waals surface area (Å²) in [4.78, 5) is 22.9. The molecule has 0 saturated carbocycles. The lowest BCUT2D eigenvalue weighted by Crippen LogP contribution is -2.48. The first-order valence-corrected chi connectivity index (χ1v) is 6.78. The fourth-order valence-corrected chi connectivity index (χ4v) is 1.59. The lowest BCUT2D eigenvalue weighted by molar-refractivity contribution is -0.128. The highest BCUT2D eigenvalue weighted by Crippen LogP contribution is 2.21. The monoisotopic (exact) mass is 294 g/mol. The first kappa shape index (κ1) is 16.8. The molecule has 0 aliphatic carbocycles. The summed E-state index contributed by atoms with van der Waals surface area (Å²) in [5.41, 5.74) is 5.44. The number of hydrogen-bond donors (Lipinski definition) is 3. The number of carbonyl (C=O) groups is 2. The Morgan fingerprint density at radius 1 is 1.43 bits per heavy atom. The lowest BCUT2D eigenvalue weighted by atomic mass is 10.0. The maximum Gasteiger partial charge on any atom is 0.337 e. The van der Waals surface area contributed by atoms with Crippen molar-refractivity contribution in [1.82, 2.24) is 5.32 Å². The number of aromatic carboxylic acids is 1. The highest BCUT2D eigenvalue weighted by atomic mass is 16.5. The van der Waals surface area contributed by atoms with E-state index in [1.165, 1.54) is 18.2 Å². The summed E-state index contributed by atoms with van der Waals surface area (Å²) in [7, 11) is 0. The number of rotatable bonds is 6. The third-order valence-electron chi connectivity index (χ3n) is 3.28. The molecule has 0 radical (unpaired) electrons. The molecule has 1 atom stereocenters. The summed E-state index contributed by atoms with van der Waals surface area (Å²) in [5, 5.41) is 11.8. The van der Waals surface area contributed by atoms with Crippen molar-refractivity contribution in [3.05, 3.63) is 23.8 Å². The second-order valence-corrected chi connectivity index (χ2v) is 5.54. The molecule has 0 heterocycles. The molecule has 21 heavy (non-hydrogen) atoms. The Kier molecular flexibility index (Phi) is 5.18. The number of carboxylic acids is 1. The molecule has 0 spiro atoms. The number of anilines is 1. The van der Waals surface area contributed by atoms with Crippen molar-refractivity contribution < 1.29 is 19.4 Å². The second-order valence-electron chi connectivity index (χ2n) is 5.54. The molecule has 1 unspecified atom stereocenters. The van der Waals surface area contributed by atoms with Gasteiger partial charge in [-0.2, -0.15) is 0 Å². The Hall–Kier alpha value is -2.24. The van der Waals surface area contributed by atoms with Crippen molar-refractivity contribution in [2.75, 3.05) is 5.73 Å². The van der Waals surface area contributed by atoms with E-state index >= 15 is 0 Å². The summed E-state index contributed by atoms with van der Waals surface area (Å²) in [6, 6.07) is 4.24. The van der Waals surface area contributed by atoms with Crippen LogP contribution in [0.5, 0.6) is 5.75 Å². The van der Waals surface area contributed by atoms with Gasteiger partial charge in [-0.3, -0.25) is 4.79 Å². The van der Waals surface area contributed by atoms with Crippen molar-refractivity contribution in [2.24, 2.45) is 0 Å². The van der Waals surface area contributed by atoms with E-state index in [-0.39, 0.29) is 22.7 Å². The van der Waals surface area contributed by atoms with E-state index < -0.39 is 12.1 Å². The van der Waals surface area contributed by atoms with Crippen molar-refractivity contribution in [3.8, 4) is 5.75 Å². The van der Waals surface area contributed by atoms with Crippen LogP contribution in [0, 0.1) is 0 Å². The van der Waals surface area contributed by atoms with Crippen LogP contribution in [-0.2, 0) is 4.79 Å². The van der Waals surface area contributed by atoms with Gasteiger partial charge in [0.1, 0.15) is 5.75 Å². The number of amides is 1. The van der Waals surface area contributed by atoms with Crippen LogP contribution in [0.3, 0.4) is 0 Å². The Balaban J connectivity index is 2.75. The molecule has 1 rings (SSSR count). The van der Waals surface area contributed by atoms with Gasteiger partial charge < -0.3 is 20.9 Å². The van der Waals surface area contributed by atoms with Gasteiger partial charge in [-0.15, -0.1) is 0 Å². The molecule has 0 aliphatic heterocycles. The molecule has 6 heteroatoms. The van der Waals surface area contributed by atoms with Crippen LogP contribution in [-0.4, -0.2) is 28.6 Å². The number of benzene rings is 1. The number of hydrogen-bond acceptors (Lipinski definition) is 4. The third-order valence-corrected chi connectivity index (χ3v) is 3.28. The van der Waals surface area contributed by atoms with Gasteiger partial charge in [0.15, 0.2) is 6.10 Å². The fraction of sp³-hybridized carbons (Fsp3) is 0.467. The van der Waals surface area contributed by atoms with E-state index in [4.69, 9.17) is 15.6 Å². The molecular formula is C15H22N2O4. The first-order valence-electron chi connectivity index (χ1n) is 6.78. The van der Waals surface area contributed by atoms with Gasteiger partial charge >= 0.3 is 5.97 Å². The van der Waals surface area contributed by atoms with E-state index in [9.17, 15) is 9.59 Å². The molecule has 4 N–H and O–H groups in total. The van der Waals surface area contributed by atoms with Crippen LogP contribution < -0.4 is 15.8 Å². The first-order chi connectivity index (χ1) is 9.66. The van der Waals surface area contributed by atoms with E-state index in [1.807, 2.05) is 20.8 Å². The van der Waals surface area contributed by atoms with E-state index in [0.717, 1.165) is 6.42 Å². The number of carboxylic acid groups (broad SMARTS) is 1. The zero-order valence-electron chi connectivity index (χ0n) is 12.8. The summed E-state index contributed by atoms with van der Waals surface area (Å²) in [5.74, 6) is -0.980. The predicted molar refractivity (Wildman–Crippen MR) is 80.4 cm³/mol. The predicted octanol–water partition coefficient (Wildman–Crippen LogP) is 2.04. The molecule has 1 amide bonds. The normalized spacial score (nSPS) is 12.6. The van der Waals surface area contributed by atoms with Crippen molar-refractivity contribution in [3.63, 3.8) is 0 Å². The molecule has 116 valence electrons. The fourth-order valence-electron chi connectivity index (χ4n) is 1.59. The molecule has 0 saturated heterocycles. The van der Waals surface area contributed by atoms with E-state index in [1.54, 1.807) is 6.92 Å². The molecule has 1 aromatic rings. The maximum absolute atomic E-state index is 12.0. The van der Waals surface area contributed by atoms with Gasteiger partial charge in [0, 0.05) is 17.3 Å². The van der Waals surface area contributed by atoms with Crippen LogP contribution in [0.2, 0.25) is 0 Å². The van der Waals surface area contributed by atoms with Gasteiger partial charge in [0.05, 0.1) is 5.56 Å². The molecule has 6 nitrogen and oxygen atoms in total. The van der Waals surface area contributed by atoms with E-state index in [2.05, 4.69) is 5.32 Å². The van der Waals surface area contributed by atoms with Crippen LogP contribution in [0.1, 0.15) is 44.5 Å². The Morgan fingerprint density at radius 2 is 2.05 bits per heavy atom. The zero-order valence-corrected chi connectivity index (χ0v) is 12.8. The molecule has 0 aliphatic rings. The lowest BCUT2D eigenvalue weighted by Gasteiger charge is -2.26. The summed E-state index contributed by atoms with van der Waals surface area (Å²) in [6.07, 6.45) is 0.0945. The molecule has 0 fully saturated rings. The topological polar surface area (TPSA) is 102 Å². The van der Waals surface area contributed by atoms with Crippen molar-refractivity contribution >= 4 is 17.6 Å². The van der Waals surface area contributed by atoms with Gasteiger partial charge in [0.2, 0.25) is 0 Å². The zero-order chi connectivity index (χ0) is 16.2. The van der Waals surface area contributed by atoms with Crippen molar-refractivity contribution in [1.29, 1.82) is 0 Å². The SMILES string of the molecule is CCC(C)(C)NC(=O)C(C)Oc1ccc(C(=O)O)c(N)c1. The average Bonchev–Trinajstić information content (AvgIpc) is 2.37. The van der Waals surface area contributed by atoms with Crippen LogP contribution in [0.25, 0.3) is 0 Å². The van der Waals surface area contributed by atoms with Crippen LogP contribution in [0.4, 0.5) is 5.69 Å². The largest absolute Gasteiger partial charge is 0.481 e. The van der Waals surface area contributed by atoms with Crippen LogP contribution >= 0.6 is 0 Å². The molecule has 0 aromatic heterocycles. The van der Waals surface area contributed by atoms with E-state index in [0.29, 0.717) is 5.75 Å². The average molecular weight is 294 g/mol. The quantitative estimate of drug-likeness (QED) is 0.697. The Labute approximate surface area is 124 Å². The number of nitrogens with one attached hydrogen (secondary N) is 1. The minimum atomic E-state index is -1.10. The maximum atomic E-state index is 12.0. The van der Waals surface area contributed by atoms with Gasteiger partial charge in [-0.05, 0) is 39.3 Å². The smallest absolute Gasteiger partial charge is 0.337 e. The van der Waals surface area contributed by atoms with Gasteiger partial charge in [0.25, 0.3) is 5.91 Å². The molecule has 1 aromatic carbocycles. The Bertz CT molecular complexity index is 540. The highest BCUT2D eigenvalue weighted by Gasteiger charge is 2.23. The standard InChI is InChI=1S/C15H22N2O4/c1-5-15(3,4)17-13(18)9(2)21-10-6-7-11(14(19)20)12(16)8-10/h6-9H,5,16H2,1-4H3,(H,17,18)(H,19,20). The molecule has 0 bridgehead atoms. The molecular weight excluding hydrogens is 272 g/mol. The Morgan fingerprint density at radius 3 is 2.52 bits per heavy atom. The number of nitrogen functional groups attached to an aromatic ring is 1. The highest BCUT2D eigenvalue weighted by molar-refractivity contribution is 5.93. The van der Waals surface area contributed by atoms with Gasteiger partial charge in [-0.25, -0.2) is 4.79 Å².